The first-order chi connectivity index (χ1) is 7.65. The van der Waals surface area contributed by atoms with Gasteiger partial charge in [-0.15, -0.1) is 11.8 Å². The molecule has 0 fully saturated rings. The molecule has 0 atom stereocenters. The molecule has 0 aromatic heterocycles. The molecule has 0 aliphatic rings. The average Bonchev–Trinajstić information content (AvgIpc) is 2.24. The Morgan fingerprint density at radius 1 is 1.44 bits per heavy atom. The second-order valence-corrected chi connectivity index (χ2v) is 5.07. The van der Waals surface area contributed by atoms with Crippen LogP contribution in [0.25, 0.3) is 0 Å². The first kappa shape index (κ1) is 13.4. The van der Waals surface area contributed by atoms with E-state index in [2.05, 4.69) is 6.92 Å². The number of halogens is 1. The minimum Gasteiger partial charge on any atom is -0.478 e. The zero-order chi connectivity index (χ0) is 12.0. The molecule has 2 nitrogen and oxygen atoms in total. The highest BCUT2D eigenvalue weighted by molar-refractivity contribution is 7.99. The molecule has 0 unspecified atom stereocenters. The summed E-state index contributed by atoms with van der Waals surface area (Å²) in [4.78, 5) is 11.7. The molecular formula is C12H15ClO2S. The van der Waals surface area contributed by atoms with Crippen molar-refractivity contribution in [1.82, 2.24) is 0 Å². The fourth-order valence-corrected chi connectivity index (χ4v) is 2.65. The van der Waals surface area contributed by atoms with Gasteiger partial charge in [0, 0.05) is 9.92 Å². The van der Waals surface area contributed by atoms with Crippen molar-refractivity contribution >= 4 is 29.3 Å². The number of carboxylic acid groups (broad SMARTS) is 1. The van der Waals surface area contributed by atoms with Crippen LogP contribution in [0, 0.1) is 0 Å². The Morgan fingerprint density at radius 2 is 2.19 bits per heavy atom. The number of unbranched alkanes of at least 4 members (excludes halogenated alkanes) is 2. The van der Waals surface area contributed by atoms with Crippen LogP contribution in [0.1, 0.15) is 36.5 Å². The molecule has 88 valence electrons. The van der Waals surface area contributed by atoms with Gasteiger partial charge >= 0.3 is 5.97 Å². The van der Waals surface area contributed by atoms with Crippen LogP contribution in [0.15, 0.2) is 23.1 Å². The van der Waals surface area contributed by atoms with Crippen molar-refractivity contribution in [2.45, 2.75) is 31.1 Å². The van der Waals surface area contributed by atoms with Gasteiger partial charge in [-0.05, 0) is 30.4 Å². The van der Waals surface area contributed by atoms with E-state index in [4.69, 9.17) is 16.7 Å². The van der Waals surface area contributed by atoms with Gasteiger partial charge in [0.2, 0.25) is 0 Å². The highest BCUT2D eigenvalue weighted by atomic mass is 35.5. The van der Waals surface area contributed by atoms with Crippen LogP contribution in [0.4, 0.5) is 0 Å². The van der Waals surface area contributed by atoms with E-state index in [-0.39, 0.29) is 0 Å². The molecule has 0 aliphatic heterocycles. The number of benzene rings is 1. The maximum Gasteiger partial charge on any atom is 0.336 e. The van der Waals surface area contributed by atoms with Crippen LogP contribution in [0.2, 0.25) is 5.02 Å². The van der Waals surface area contributed by atoms with E-state index >= 15 is 0 Å². The summed E-state index contributed by atoms with van der Waals surface area (Å²) >= 11 is 7.42. The third-order valence-electron chi connectivity index (χ3n) is 2.18. The predicted molar refractivity (Wildman–Crippen MR) is 68.7 cm³/mol. The summed E-state index contributed by atoms with van der Waals surface area (Å²) < 4.78 is 0. The standard InChI is InChI=1S/C12H15ClO2S/c1-2-3-4-7-16-11-8-9(13)5-6-10(11)12(14)15/h5-6,8H,2-4,7H2,1H3,(H,14,15). The molecular weight excluding hydrogens is 244 g/mol. The Morgan fingerprint density at radius 3 is 2.81 bits per heavy atom. The highest BCUT2D eigenvalue weighted by Gasteiger charge is 2.10. The Kier molecular flexibility index (Phi) is 5.71. The van der Waals surface area contributed by atoms with Crippen LogP contribution in [0.3, 0.4) is 0 Å². The van der Waals surface area contributed by atoms with Gasteiger partial charge in [0.15, 0.2) is 0 Å². The summed E-state index contributed by atoms with van der Waals surface area (Å²) in [7, 11) is 0. The van der Waals surface area contributed by atoms with Gasteiger partial charge in [-0.1, -0.05) is 31.4 Å². The second kappa shape index (κ2) is 6.81. The van der Waals surface area contributed by atoms with Gasteiger partial charge in [-0.3, -0.25) is 0 Å². The first-order valence-electron chi connectivity index (χ1n) is 5.30. The quantitative estimate of drug-likeness (QED) is 0.610. The monoisotopic (exact) mass is 258 g/mol. The molecule has 0 bridgehead atoms. The molecule has 0 amide bonds. The lowest BCUT2D eigenvalue weighted by Gasteiger charge is -2.06. The van der Waals surface area contributed by atoms with Crippen LogP contribution in [-0.4, -0.2) is 16.8 Å². The lowest BCUT2D eigenvalue weighted by molar-refractivity contribution is 0.0693. The Balaban J connectivity index is 2.68. The first-order valence-corrected chi connectivity index (χ1v) is 6.67. The number of hydrogen-bond donors (Lipinski definition) is 1. The van der Waals surface area contributed by atoms with Gasteiger partial charge in [-0.25, -0.2) is 4.79 Å². The average molecular weight is 259 g/mol. The number of carbonyl (C=O) groups is 1. The van der Waals surface area contributed by atoms with Crippen molar-refractivity contribution in [2.24, 2.45) is 0 Å². The molecule has 1 N–H and O–H groups in total. The summed E-state index contributed by atoms with van der Waals surface area (Å²) in [6.45, 7) is 2.15. The van der Waals surface area contributed by atoms with Crippen LogP contribution < -0.4 is 0 Å². The minimum atomic E-state index is -0.894. The number of thioether (sulfide) groups is 1. The smallest absolute Gasteiger partial charge is 0.336 e. The maximum absolute atomic E-state index is 11.0. The summed E-state index contributed by atoms with van der Waals surface area (Å²) in [5.74, 6) is 0.0451. The van der Waals surface area contributed by atoms with Gasteiger partial charge < -0.3 is 5.11 Å². The fraction of sp³-hybridized carbons (Fsp3) is 0.417. The van der Waals surface area contributed by atoms with Crippen molar-refractivity contribution < 1.29 is 9.90 Å². The van der Waals surface area contributed by atoms with Gasteiger partial charge in [0.1, 0.15) is 0 Å². The largest absolute Gasteiger partial charge is 0.478 e. The predicted octanol–water partition coefficient (Wildman–Crippen LogP) is 4.32. The summed E-state index contributed by atoms with van der Waals surface area (Å²) in [6.07, 6.45) is 3.45. The van der Waals surface area contributed by atoms with Crippen molar-refractivity contribution in [3.05, 3.63) is 28.8 Å². The molecule has 0 aliphatic carbocycles. The molecule has 0 radical (unpaired) electrons. The molecule has 1 aromatic rings. The molecule has 16 heavy (non-hydrogen) atoms. The second-order valence-electron chi connectivity index (χ2n) is 3.50. The number of hydrogen-bond acceptors (Lipinski definition) is 2. The fourth-order valence-electron chi connectivity index (χ4n) is 1.33. The van der Waals surface area contributed by atoms with Crippen molar-refractivity contribution in [3.8, 4) is 0 Å². The van der Waals surface area contributed by atoms with Gasteiger partial charge in [0.05, 0.1) is 5.56 Å². The van der Waals surface area contributed by atoms with Crippen molar-refractivity contribution in [3.63, 3.8) is 0 Å². The van der Waals surface area contributed by atoms with Crippen LogP contribution in [-0.2, 0) is 0 Å². The van der Waals surface area contributed by atoms with E-state index < -0.39 is 5.97 Å². The topological polar surface area (TPSA) is 37.3 Å². The summed E-state index contributed by atoms with van der Waals surface area (Å²) in [6, 6.07) is 4.90. The maximum atomic E-state index is 11.0. The highest BCUT2D eigenvalue weighted by Crippen LogP contribution is 2.27. The molecule has 0 saturated heterocycles. The van der Waals surface area contributed by atoms with E-state index in [0.717, 1.165) is 17.1 Å². The molecule has 1 rings (SSSR count). The van der Waals surface area contributed by atoms with E-state index in [1.54, 1.807) is 30.0 Å². The van der Waals surface area contributed by atoms with Crippen molar-refractivity contribution in [2.75, 3.05) is 5.75 Å². The summed E-state index contributed by atoms with van der Waals surface area (Å²) in [5.41, 5.74) is 0.339. The van der Waals surface area contributed by atoms with Crippen LogP contribution in [0.5, 0.6) is 0 Å². The molecule has 0 heterocycles. The minimum absolute atomic E-state index is 0.339. The van der Waals surface area contributed by atoms with Gasteiger partial charge in [-0.2, -0.15) is 0 Å². The zero-order valence-electron chi connectivity index (χ0n) is 9.20. The molecule has 0 spiro atoms. The Hall–Kier alpha value is -0.670. The van der Waals surface area contributed by atoms with E-state index in [1.165, 1.54) is 12.8 Å². The molecule has 4 heteroatoms. The Bertz CT molecular complexity index is 366. The lowest BCUT2D eigenvalue weighted by atomic mass is 10.2. The summed E-state index contributed by atoms with van der Waals surface area (Å²) in [5, 5.41) is 9.59. The number of aromatic carboxylic acids is 1. The van der Waals surface area contributed by atoms with E-state index in [0.29, 0.717) is 10.6 Å². The van der Waals surface area contributed by atoms with E-state index in [1.807, 2.05) is 0 Å². The molecule has 1 aromatic carbocycles. The molecule has 0 saturated carbocycles. The number of rotatable bonds is 6. The third kappa shape index (κ3) is 4.06. The van der Waals surface area contributed by atoms with Crippen LogP contribution >= 0.6 is 23.4 Å². The zero-order valence-corrected chi connectivity index (χ0v) is 10.8. The number of carboxylic acids is 1. The van der Waals surface area contributed by atoms with E-state index in [9.17, 15) is 4.79 Å². The normalized spacial score (nSPS) is 10.4. The Labute approximate surface area is 105 Å². The SMILES string of the molecule is CCCCCSc1cc(Cl)ccc1C(=O)O. The van der Waals surface area contributed by atoms with Gasteiger partial charge in [0.25, 0.3) is 0 Å². The van der Waals surface area contributed by atoms with Crippen molar-refractivity contribution in [1.29, 1.82) is 0 Å². The third-order valence-corrected chi connectivity index (χ3v) is 3.56. The lowest BCUT2D eigenvalue weighted by Crippen LogP contribution is -1.98.